The Morgan fingerprint density at radius 1 is 1.21 bits per heavy atom. The lowest BCUT2D eigenvalue weighted by atomic mass is 10.3. The molecule has 7 heteroatoms. The van der Waals surface area contributed by atoms with Crippen molar-refractivity contribution in [1.82, 2.24) is 15.0 Å². The number of anilines is 3. The van der Waals surface area contributed by atoms with Crippen LogP contribution in [0.3, 0.4) is 0 Å². The second-order valence-corrected chi connectivity index (χ2v) is 4.80. The van der Waals surface area contributed by atoms with Gasteiger partial charge in [0.1, 0.15) is 5.82 Å². The maximum atomic E-state index is 5.62. The fourth-order valence-electron chi connectivity index (χ4n) is 1.74. The molecule has 0 saturated heterocycles. The van der Waals surface area contributed by atoms with Gasteiger partial charge in [0.15, 0.2) is 0 Å². The van der Waals surface area contributed by atoms with E-state index < -0.39 is 0 Å². The molecule has 1 aromatic carbocycles. The topological polar surface area (TPSA) is 76.7 Å². The Balaban J connectivity index is 0.00000133. The van der Waals surface area contributed by atoms with Crippen molar-refractivity contribution < 1.29 is 0 Å². The summed E-state index contributed by atoms with van der Waals surface area (Å²) in [5, 5.41) is 3.22. The van der Waals surface area contributed by atoms with Gasteiger partial charge >= 0.3 is 0 Å². The summed E-state index contributed by atoms with van der Waals surface area (Å²) in [6.07, 6.45) is 0. The summed E-state index contributed by atoms with van der Waals surface area (Å²) < 4.78 is 1.14. The summed E-state index contributed by atoms with van der Waals surface area (Å²) in [4.78, 5) is 12.4. The van der Waals surface area contributed by atoms with Gasteiger partial charge in [0.2, 0.25) is 5.95 Å². The van der Waals surface area contributed by atoms with Gasteiger partial charge in [0, 0.05) is 17.4 Å². The van der Waals surface area contributed by atoms with E-state index in [1.165, 1.54) is 0 Å². The predicted molar refractivity (Wildman–Crippen MR) is 81.3 cm³/mol. The first-order valence-electron chi connectivity index (χ1n) is 5.42. The van der Waals surface area contributed by atoms with E-state index in [0.29, 0.717) is 5.82 Å². The number of aromatic nitrogens is 3. The Hall–Kier alpha value is -1.92. The predicted octanol–water partition coefficient (Wildman–Crippen LogP) is 3.14. The van der Waals surface area contributed by atoms with Gasteiger partial charge in [-0.2, -0.15) is 4.98 Å². The van der Waals surface area contributed by atoms with Crippen LogP contribution in [0.5, 0.6) is 0 Å². The monoisotopic (exact) mass is 293 g/mol. The van der Waals surface area contributed by atoms with E-state index in [1.807, 2.05) is 36.7 Å². The third-order valence-electron chi connectivity index (χ3n) is 2.48. The fraction of sp³-hybridized carbons (Fsp3) is 0.0833. The average molecular weight is 294 g/mol. The van der Waals surface area contributed by atoms with Crippen LogP contribution in [0.2, 0.25) is 0 Å². The minimum absolute atomic E-state index is 0. The smallest absolute Gasteiger partial charge is 0.222 e. The number of nitrogens with two attached hydrogens (primary N) is 1. The number of rotatable bonds is 2. The quantitative estimate of drug-likeness (QED) is 0.759. The molecule has 0 aliphatic heterocycles. The third-order valence-corrected chi connectivity index (χ3v) is 3.27. The number of hydrogen-bond donors (Lipinski definition) is 2. The van der Waals surface area contributed by atoms with Gasteiger partial charge in [-0.3, -0.25) is 0 Å². The molecule has 0 atom stereocenters. The highest BCUT2D eigenvalue weighted by Gasteiger charge is 2.02. The standard InChI is InChI=1S/C12H11N5S.ClH/c1-7-4-11(17-12(13)15-7)16-8-2-3-9-10(5-8)18-6-14-9;/h2-6H,1H3,(H3,13,15,16,17);1H. The van der Waals surface area contributed by atoms with Crippen LogP contribution in [-0.2, 0) is 0 Å². The molecule has 5 nitrogen and oxygen atoms in total. The van der Waals surface area contributed by atoms with Crippen LogP contribution in [0.4, 0.5) is 17.5 Å². The summed E-state index contributed by atoms with van der Waals surface area (Å²) in [5.74, 6) is 0.972. The molecule has 0 fully saturated rings. The van der Waals surface area contributed by atoms with Crippen LogP contribution in [0.1, 0.15) is 5.69 Å². The zero-order valence-corrected chi connectivity index (χ0v) is 11.8. The lowest BCUT2D eigenvalue weighted by molar-refractivity contribution is 1.12. The van der Waals surface area contributed by atoms with E-state index in [9.17, 15) is 0 Å². The van der Waals surface area contributed by atoms with Crippen molar-refractivity contribution in [3.8, 4) is 0 Å². The molecule has 0 amide bonds. The van der Waals surface area contributed by atoms with E-state index in [0.717, 1.165) is 21.6 Å². The van der Waals surface area contributed by atoms with E-state index in [4.69, 9.17) is 5.73 Å². The molecular formula is C12H12ClN5S. The largest absolute Gasteiger partial charge is 0.368 e. The number of nitrogens with zero attached hydrogens (tertiary/aromatic N) is 3. The molecule has 3 aromatic rings. The summed E-state index contributed by atoms with van der Waals surface area (Å²) >= 11 is 1.61. The second kappa shape index (κ2) is 5.38. The Morgan fingerprint density at radius 2 is 2.05 bits per heavy atom. The van der Waals surface area contributed by atoms with Crippen LogP contribution < -0.4 is 11.1 Å². The number of halogens is 1. The molecule has 2 heterocycles. The van der Waals surface area contributed by atoms with E-state index >= 15 is 0 Å². The molecule has 0 radical (unpaired) electrons. The van der Waals surface area contributed by atoms with E-state index in [2.05, 4.69) is 20.3 Å². The fourth-order valence-corrected chi connectivity index (χ4v) is 2.45. The molecule has 19 heavy (non-hydrogen) atoms. The molecule has 0 unspecified atom stereocenters. The van der Waals surface area contributed by atoms with Crippen molar-refractivity contribution in [3.63, 3.8) is 0 Å². The SMILES string of the molecule is Cc1cc(Nc2ccc3ncsc3c2)nc(N)n1.Cl. The molecule has 2 aromatic heterocycles. The molecule has 3 N–H and O–H groups in total. The first-order chi connectivity index (χ1) is 8.70. The van der Waals surface area contributed by atoms with Crippen LogP contribution in [0.15, 0.2) is 29.8 Å². The minimum atomic E-state index is 0. The molecule has 0 aliphatic rings. The van der Waals surface area contributed by atoms with Gasteiger partial charge < -0.3 is 11.1 Å². The maximum Gasteiger partial charge on any atom is 0.222 e. The first-order valence-corrected chi connectivity index (χ1v) is 6.30. The zero-order valence-electron chi connectivity index (χ0n) is 10.1. The zero-order chi connectivity index (χ0) is 12.5. The number of thiazole rings is 1. The van der Waals surface area contributed by atoms with Crippen LogP contribution >= 0.6 is 23.7 Å². The van der Waals surface area contributed by atoms with Gasteiger partial charge in [-0.1, -0.05) is 0 Å². The molecule has 0 aliphatic carbocycles. The Morgan fingerprint density at radius 3 is 2.84 bits per heavy atom. The molecule has 98 valence electrons. The van der Waals surface area contributed by atoms with Gasteiger partial charge in [-0.15, -0.1) is 23.7 Å². The average Bonchev–Trinajstić information content (AvgIpc) is 2.74. The number of nitrogen functional groups attached to an aromatic ring is 1. The third kappa shape index (κ3) is 2.91. The van der Waals surface area contributed by atoms with Gasteiger partial charge in [-0.05, 0) is 25.1 Å². The second-order valence-electron chi connectivity index (χ2n) is 3.91. The van der Waals surface area contributed by atoms with Crippen molar-refractivity contribution in [1.29, 1.82) is 0 Å². The number of benzene rings is 1. The van der Waals surface area contributed by atoms with Crippen molar-refractivity contribution in [3.05, 3.63) is 35.5 Å². The summed E-state index contributed by atoms with van der Waals surface area (Å²) in [6, 6.07) is 7.84. The summed E-state index contributed by atoms with van der Waals surface area (Å²) in [7, 11) is 0. The first kappa shape index (κ1) is 13.5. The van der Waals surface area contributed by atoms with Crippen LogP contribution in [0, 0.1) is 6.92 Å². The summed E-state index contributed by atoms with van der Waals surface area (Å²) in [5.41, 5.74) is 10.3. The molecular weight excluding hydrogens is 282 g/mol. The Kier molecular flexibility index (Phi) is 3.82. The number of aryl methyl sites for hydroxylation is 1. The normalized spacial score (nSPS) is 10.2. The van der Waals surface area contributed by atoms with Crippen molar-refractivity contribution in [2.75, 3.05) is 11.1 Å². The van der Waals surface area contributed by atoms with Crippen LogP contribution in [-0.4, -0.2) is 15.0 Å². The van der Waals surface area contributed by atoms with Crippen molar-refractivity contribution in [2.45, 2.75) is 6.92 Å². The van der Waals surface area contributed by atoms with Crippen molar-refractivity contribution in [2.24, 2.45) is 0 Å². The Labute approximate surface area is 120 Å². The van der Waals surface area contributed by atoms with Gasteiger partial charge in [0.25, 0.3) is 0 Å². The number of fused-ring (bicyclic) bond motifs is 1. The van der Waals surface area contributed by atoms with Crippen LogP contribution in [0.25, 0.3) is 10.2 Å². The highest BCUT2D eigenvalue weighted by atomic mass is 35.5. The molecule has 0 bridgehead atoms. The molecule has 3 rings (SSSR count). The molecule has 0 spiro atoms. The lowest BCUT2D eigenvalue weighted by Gasteiger charge is -2.06. The highest BCUT2D eigenvalue weighted by molar-refractivity contribution is 7.16. The van der Waals surface area contributed by atoms with E-state index in [1.54, 1.807) is 11.3 Å². The van der Waals surface area contributed by atoms with Gasteiger partial charge in [0.05, 0.1) is 15.7 Å². The summed E-state index contributed by atoms with van der Waals surface area (Å²) in [6.45, 7) is 1.88. The van der Waals surface area contributed by atoms with Gasteiger partial charge in [-0.25, -0.2) is 9.97 Å². The molecule has 0 saturated carbocycles. The van der Waals surface area contributed by atoms with E-state index in [-0.39, 0.29) is 18.4 Å². The van der Waals surface area contributed by atoms with Crippen molar-refractivity contribution >= 4 is 51.4 Å². The maximum absolute atomic E-state index is 5.62. The lowest BCUT2D eigenvalue weighted by Crippen LogP contribution is -2.01. The number of hydrogen-bond acceptors (Lipinski definition) is 6. The minimum Gasteiger partial charge on any atom is -0.368 e. The highest BCUT2D eigenvalue weighted by Crippen LogP contribution is 2.24. The Bertz CT molecular complexity index is 692. The number of nitrogens with one attached hydrogen (secondary N) is 1.